The molecule has 0 saturated carbocycles. The second-order valence-corrected chi connectivity index (χ2v) is 4.96. The molecular formula is C16H10O6. The average Bonchev–Trinajstić information content (AvgIpc) is 2.49. The van der Waals surface area contributed by atoms with Crippen molar-refractivity contribution in [3.8, 4) is 11.5 Å². The molecule has 6 nitrogen and oxygen atoms in total. The molecule has 3 N–H and O–H groups in total. The number of benzene rings is 2. The van der Waals surface area contributed by atoms with Crippen LogP contribution in [0.15, 0.2) is 24.3 Å². The summed E-state index contributed by atoms with van der Waals surface area (Å²) in [5.74, 6) is -4.30. The molecule has 1 aliphatic carbocycles. The Morgan fingerprint density at radius 2 is 1.41 bits per heavy atom. The Hall–Kier alpha value is -3.15. The maximum absolute atomic E-state index is 12.6. The van der Waals surface area contributed by atoms with Crippen LogP contribution >= 0.6 is 0 Å². The number of hydrogen-bond donors (Lipinski definition) is 3. The van der Waals surface area contributed by atoms with E-state index in [4.69, 9.17) is 0 Å². The fourth-order valence-electron chi connectivity index (χ4n) is 2.71. The smallest absolute Gasteiger partial charge is 0.336 e. The normalized spacial score (nSPS) is 12.8. The van der Waals surface area contributed by atoms with Crippen LogP contribution in [0.25, 0.3) is 0 Å². The van der Waals surface area contributed by atoms with Crippen molar-refractivity contribution in [1.29, 1.82) is 0 Å². The van der Waals surface area contributed by atoms with Crippen LogP contribution < -0.4 is 0 Å². The highest BCUT2D eigenvalue weighted by Crippen LogP contribution is 2.42. The number of fused-ring (bicyclic) bond motifs is 2. The Bertz CT molecular complexity index is 879. The van der Waals surface area contributed by atoms with Crippen LogP contribution in [-0.2, 0) is 0 Å². The number of phenols is 2. The maximum Gasteiger partial charge on any atom is 0.336 e. The van der Waals surface area contributed by atoms with Gasteiger partial charge in [0, 0.05) is 16.7 Å². The Balaban J connectivity index is 2.50. The average molecular weight is 298 g/mol. The van der Waals surface area contributed by atoms with Crippen molar-refractivity contribution in [3.63, 3.8) is 0 Å². The van der Waals surface area contributed by atoms with Crippen LogP contribution in [0.5, 0.6) is 11.5 Å². The van der Waals surface area contributed by atoms with E-state index in [1.165, 1.54) is 19.1 Å². The third-order valence-electron chi connectivity index (χ3n) is 3.78. The molecule has 110 valence electrons. The predicted octanol–water partition coefficient (Wildman–Crippen LogP) is 1.88. The zero-order chi connectivity index (χ0) is 16.2. The van der Waals surface area contributed by atoms with Crippen molar-refractivity contribution in [2.75, 3.05) is 0 Å². The van der Waals surface area contributed by atoms with Crippen molar-refractivity contribution in [1.82, 2.24) is 0 Å². The van der Waals surface area contributed by atoms with Crippen LogP contribution in [0.4, 0.5) is 0 Å². The first-order chi connectivity index (χ1) is 10.4. The third kappa shape index (κ3) is 1.57. The quantitative estimate of drug-likeness (QED) is 0.591. The Morgan fingerprint density at radius 3 is 1.91 bits per heavy atom. The van der Waals surface area contributed by atoms with E-state index in [9.17, 15) is 29.7 Å². The Kier molecular flexibility index (Phi) is 2.78. The number of rotatable bonds is 1. The molecule has 0 unspecified atom stereocenters. The van der Waals surface area contributed by atoms with Gasteiger partial charge >= 0.3 is 5.97 Å². The lowest BCUT2D eigenvalue weighted by Gasteiger charge is -2.22. The molecule has 0 bridgehead atoms. The number of carbonyl (C=O) groups excluding carboxylic acids is 2. The lowest BCUT2D eigenvalue weighted by molar-refractivity contribution is 0.0691. The first-order valence-electron chi connectivity index (χ1n) is 6.36. The van der Waals surface area contributed by atoms with E-state index in [-0.39, 0.29) is 22.3 Å². The van der Waals surface area contributed by atoms with Gasteiger partial charge in [0.2, 0.25) is 0 Å². The third-order valence-corrected chi connectivity index (χ3v) is 3.78. The predicted molar refractivity (Wildman–Crippen MR) is 74.8 cm³/mol. The van der Waals surface area contributed by atoms with Crippen LogP contribution in [0.2, 0.25) is 0 Å². The topological polar surface area (TPSA) is 112 Å². The molecule has 6 heteroatoms. The largest absolute Gasteiger partial charge is 0.504 e. The minimum Gasteiger partial charge on any atom is -0.504 e. The Morgan fingerprint density at radius 1 is 0.909 bits per heavy atom. The SMILES string of the molecule is Cc1c(O)c(O)c2c(c1C(=O)O)C(=O)c1ccccc1C2=O. The fourth-order valence-corrected chi connectivity index (χ4v) is 2.71. The van der Waals surface area contributed by atoms with Gasteiger partial charge in [-0.15, -0.1) is 0 Å². The standard InChI is InChI=1S/C16H10O6/c1-6-9(16(21)22)10-11(15(20)12(6)17)14(19)8-5-3-2-4-7(8)13(10)18/h2-5,17,20H,1H3,(H,21,22). The molecule has 0 aliphatic heterocycles. The summed E-state index contributed by atoms with van der Waals surface area (Å²) in [4.78, 5) is 36.5. The van der Waals surface area contributed by atoms with Crippen LogP contribution in [0, 0.1) is 6.92 Å². The summed E-state index contributed by atoms with van der Waals surface area (Å²) in [5.41, 5.74) is -1.35. The number of hydrogen-bond acceptors (Lipinski definition) is 5. The van der Waals surface area contributed by atoms with Crippen molar-refractivity contribution in [2.24, 2.45) is 0 Å². The van der Waals surface area contributed by atoms with Gasteiger partial charge in [0.15, 0.2) is 23.1 Å². The van der Waals surface area contributed by atoms with E-state index in [0.29, 0.717) is 0 Å². The summed E-state index contributed by atoms with van der Waals surface area (Å²) in [6, 6.07) is 5.94. The van der Waals surface area contributed by atoms with Gasteiger partial charge in [0.05, 0.1) is 16.7 Å². The number of carboxylic acids is 1. The van der Waals surface area contributed by atoms with Gasteiger partial charge in [-0.2, -0.15) is 0 Å². The zero-order valence-electron chi connectivity index (χ0n) is 11.4. The van der Waals surface area contributed by atoms with E-state index in [0.717, 1.165) is 0 Å². The van der Waals surface area contributed by atoms with Gasteiger partial charge in [0.25, 0.3) is 0 Å². The monoisotopic (exact) mass is 298 g/mol. The van der Waals surface area contributed by atoms with Gasteiger partial charge < -0.3 is 15.3 Å². The van der Waals surface area contributed by atoms with Crippen molar-refractivity contribution in [2.45, 2.75) is 6.92 Å². The molecular weight excluding hydrogens is 288 g/mol. The molecule has 0 atom stereocenters. The van der Waals surface area contributed by atoms with E-state index in [1.807, 2.05) is 0 Å². The molecule has 1 aliphatic rings. The molecule has 0 saturated heterocycles. The lowest BCUT2D eigenvalue weighted by atomic mass is 9.79. The summed E-state index contributed by atoms with van der Waals surface area (Å²) in [6.07, 6.45) is 0. The molecule has 0 heterocycles. The van der Waals surface area contributed by atoms with Crippen molar-refractivity contribution in [3.05, 3.63) is 57.6 Å². The van der Waals surface area contributed by atoms with Gasteiger partial charge in [-0.25, -0.2) is 4.79 Å². The number of carboxylic acid groups (broad SMARTS) is 1. The first-order valence-corrected chi connectivity index (χ1v) is 6.36. The van der Waals surface area contributed by atoms with E-state index < -0.39 is 40.2 Å². The highest BCUT2D eigenvalue weighted by molar-refractivity contribution is 6.31. The summed E-state index contributed by atoms with van der Waals surface area (Å²) >= 11 is 0. The summed E-state index contributed by atoms with van der Waals surface area (Å²) in [6.45, 7) is 1.26. The molecule has 0 spiro atoms. The van der Waals surface area contributed by atoms with E-state index in [2.05, 4.69) is 0 Å². The second-order valence-electron chi connectivity index (χ2n) is 4.96. The van der Waals surface area contributed by atoms with Crippen LogP contribution in [0.1, 0.15) is 47.8 Å². The Labute approximate surface area is 124 Å². The highest BCUT2D eigenvalue weighted by atomic mass is 16.4. The molecule has 0 amide bonds. The number of aromatic carboxylic acids is 1. The highest BCUT2D eigenvalue weighted by Gasteiger charge is 2.38. The van der Waals surface area contributed by atoms with Crippen molar-refractivity contribution < 1.29 is 29.7 Å². The fraction of sp³-hybridized carbons (Fsp3) is 0.0625. The summed E-state index contributed by atoms with van der Waals surface area (Å²) in [7, 11) is 0. The van der Waals surface area contributed by atoms with E-state index in [1.54, 1.807) is 12.1 Å². The van der Waals surface area contributed by atoms with Gasteiger partial charge in [-0.3, -0.25) is 9.59 Å². The van der Waals surface area contributed by atoms with Gasteiger partial charge in [0.1, 0.15) is 0 Å². The number of ketones is 2. The molecule has 3 rings (SSSR count). The molecule has 2 aromatic carbocycles. The first kappa shape index (κ1) is 13.8. The maximum atomic E-state index is 12.6. The summed E-state index contributed by atoms with van der Waals surface area (Å²) in [5, 5.41) is 29.2. The number of phenolic OH excluding ortho intramolecular Hbond substituents is 2. The molecule has 0 aromatic heterocycles. The molecule has 22 heavy (non-hydrogen) atoms. The van der Waals surface area contributed by atoms with Gasteiger partial charge in [-0.05, 0) is 6.92 Å². The molecule has 0 fully saturated rings. The lowest BCUT2D eigenvalue weighted by Crippen LogP contribution is -2.25. The minimum absolute atomic E-state index is 0.0647. The van der Waals surface area contributed by atoms with Crippen LogP contribution in [-0.4, -0.2) is 32.9 Å². The zero-order valence-corrected chi connectivity index (χ0v) is 11.4. The van der Waals surface area contributed by atoms with Gasteiger partial charge in [-0.1, -0.05) is 24.3 Å². The van der Waals surface area contributed by atoms with Crippen molar-refractivity contribution >= 4 is 17.5 Å². The minimum atomic E-state index is -1.45. The molecule has 0 radical (unpaired) electrons. The second kappa shape index (κ2) is 4.42. The summed E-state index contributed by atoms with van der Waals surface area (Å²) < 4.78 is 0. The number of aromatic hydroxyl groups is 2. The molecule has 2 aromatic rings. The number of carbonyl (C=O) groups is 3. The van der Waals surface area contributed by atoms with Crippen LogP contribution in [0.3, 0.4) is 0 Å². The van der Waals surface area contributed by atoms with E-state index >= 15 is 0 Å².